The van der Waals surface area contributed by atoms with Crippen molar-refractivity contribution in [3.05, 3.63) is 47.0 Å². The first-order chi connectivity index (χ1) is 13.3. The normalized spacial score (nSPS) is 21.6. The smallest absolute Gasteiger partial charge is 0.266 e. The van der Waals surface area contributed by atoms with E-state index in [4.69, 9.17) is 4.74 Å². The molecule has 0 aliphatic carbocycles. The number of rotatable bonds is 6. The fraction of sp³-hybridized carbons (Fsp3) is 0.550. The zero-order chi connectivity index (χ0) is 18.5. The molecule has 7 heteroatoms. The molecule has 4 heterocycles. The van der Waals surface area contributed by atoms with Crippen LogP contribution >= 0.6 is 0 Å². The highest BCUT2D eigenvalue weighted by Gasteiger charge is 2.26. The lowest BCUT2D eigenvalue weighted by Gasteiger charge is -2.30. The van der Waals surface area contributed by atoms with Crippen LogP contribution in [-0.2, 0) is 11.3 Å². The average molecular weight is 369 g/mol. The number of hydrogen-bond donors (Lipinski definition) is 0. The summed E-state index contributed by atoms with van der Waals surface area (Å²) in [6.07, 6.45) is 5.80. The zero-order valence-corrected chi connectivity index (χ0v) is 15.7. The molecule has 0 aromatic carbocycles. The van der Waals surface area contributed by atoms with E-state index < -0.39 is 0 Å². The van der Waals surface area contributed by atoms with Crippen molar-refractivity contribution in [2.24, 2.45) is 0 Å². The highest BCUT2D eigenvalue weighted by Crippen LogP contribution is 2.19. The van der Waals surface area contributed by atoms with Crippen molar-refractivity contribution in [1.29, 1.82) is 0 Å². The van der Waals surface area contributed by atoms with Gasteiger partial charge in [-0.1, -0.05) is 0 Å². The molecule has 0 radical (unpaired) electrons. The second-order valence-electron chi connectivity index (χ2n) is 7.26. The summed E-state index contributed by atoms with van der Waals surface area (Å²) in [5, 5.41) is 4.61. The first kappa shape index (κ1) is 18.3. The minimum Gasteiger partial charge on any atom is -0.379 e. The van der Waals surface area contributed by atoms with Crippen molar-refractivity contribution in [1.82, 2.24) is 24.6 Å². The van der Waals surface area contributed by atoms with Crippen LogP contribution in [0, 0.1) is 0 Å². The summed E-state index contributed by atoms with van der Waals surface area (Å²) in [4.78, 5) is 21.4. The van der Waals surface area contributed by atoms with Crippen molar-refractivity contribution < 1.29 is 4.74 Å². The van der Waals surface area contributed by atoms with Gasteiger partial charge in [0.1, 0.15) is 0 Å². The van der Waals surface area contributed by atoms with E-state index in [1.165, 1.54) is 6.42 Å². The molecule has 2 fully saturated rings. The van der Waals surface area contributed by atoms with Gasteiger partial charge in [0, 0.05) is 56.2 Å². The molecule has 1 atom stereocenters. The molecular formula is C20H27N5O2. The summed E-state index contributed by atoms with van der Waals surface area (Å²) in [7, 11) is 0. The molecule has 0 saturated carbocycles. The van der Waals surface area contributed by atoms with Crippen LogP contribution < -0.4 is 5.56 Å². The second kappa shape index (κ2) is 8.73. The largest absolute Gasteiger partial charge is 0.379 e. The van der Waals surface area contributed by atoms with Gasteiger partial charge in [-0.2, -0.15) is 5.10 Å². The van der Waals surface area contributed by atoms with Gasteiger partial charge in [0.25, 0.3) is 5.56 Å². The summed E-state index contributed by atoms with van der Waals surface area (Å²) in [6, 6.07) is 7.63. The van der Waals surface area contributed by atoms with Crippen molar-refractivity contribution in [2.75, 3.05) is 45.9 Å². The molecule has 0 amide bonds. The Balaban J connectivity index is 1.42. The van der Waals surface area contributed by atoms with E-state index in [1.807, 2.05) is 12.1 Å². The Morgan fingerprint density at radius 3 is 2.67 bits per heavy atom. The van der Waals surface area contributed by atoms with E-state index in [0.29, 0.717) is 12.6 Å². The van der Waals surface area contributed by atoms with Gasteiger partial charge in [-0.15, -0.1) is 0 Å². The van der Waals surface area contributed by atoms with E-state index >= 15 is 0 Å². The molecule has 7 nitrogen and oxygen atoms in total. The highest BCUT2D eigenvalue weighted by atomic mass is 16.5. The van der Waals surface area contributed by atoms with Crippen LogP contribution in [0.1, 0.15) is 12.8 Å². The number of morpholine rings is 1. The monoisotopic (exact) mass is 369 g/mol. The summed E-state index contributed by atoms with van der Waals surface area (Å²) in [5.74, 6) is 0. The SMILES string of the molecule is O=c1ccc(-c2ccncc2)nn1CC1CCCN1CCN1CCOCC1. The van der Waals surface area contributed by atoms with Gasteiger partial charge in [-0.25, -0.2) is 4.68 Å². The Morgan fingerprint density at radius 2 is 1.85 bits per heavy atom. The number of nitrogens with zero attached hydrogens (tertiary/aromatic N) is 5. The van der Waals surface area contributed by atoms with Crippen LogP contribution in [0.25, 0.3) is 11.3 Å². The van der Waals surface area contributed by atoms with Gasteiger partial charge in [0.15, 0.2) is 0 Å². The van der Waals surface area contributed by atoms with E-state index in [9.17, 15) is 4.79 Å². The summed E-state index contributed by atoms with van der Waals surface area (Å²) < 4.78 is 7.06. The minimum atomic E-state index is -0.0344. The van der Waals surface area contributed by atoms with E-state index in [-0.39, 0.29) is 5.56 Å². The predicted molar refractivity (Wildman–Crippen MR) is 104 cm³/mol. The van der Waals surface area contributed by atoms with Gasteiger partial charge < -0.3 is 4.74 Å². The summed E-state index contributed by atoms with van der Waals surface area (Å²) in [5.41, 5.74) is 1.76. The van der Waals surface area contributed by atoms with Crippen LogP contribution in [0.5, 0.6) is 0 Å². The van der Waals surface area contributed by atoms with Gasteiger partial charge in [0.2, 0.25) is 0 Å². The fourth-order valence-corrected chi connectivity index (χ4v) is 3.95. The summed E-state index contributed by atoms with van der Waals surface area (Å²) >= 11 is 0. The second-order valence-corrected chi connectivity index (χ2v) is 7.26. The molecular weight excluding hydrogens is 342 g/mol. The van der Waals surface area contributed by atoms with Crippen LogP contribution in [-0.4, -0.2) is 76.5 Å². The molecule has 0 spiro atoms. The molecule has 2 saturated heterocycles. The van der Waals surface area contributed by atoms with Crippen LogP contribution in [0.3, 0.4) is 0 Å². The molecule has 2 aliphatic rings. The molecule has 2 aromatic rings. The number of ether oxygens (including phenoxy) is 1. The zero-order valence-electron chi connectivity index (χ0n) is 15.7. The lowest BCUT2D eigenvalue weighted by Crippen LogP contribution is -2.44. The molecule has 4 rings (SSSR count). The van der Waals surface area contributed by atoms with E-state index in [0.717, 1.165) is 63.6 Å². The number of aromatic nitrogens is 3. The molecule has 0 bridgehead atoms. The lowest BCUT2D eigenvalue weighted by molar-refractivity contribution is 0.0322. The van der Waals surface area contributed by atoms with E-state index in [1.54, 1.807) is 29.2 Å². The van der Waals surface area contributed by atoms with Crippen LogP contribution in [0.4, 0.5) is 0 Å². The van der Waals surface area contributed by atoms with Crippen LogP contribution in [0.2, 0.25) is 0 Å². The maximum absolute atomic E-state index is 12.3. The third-order valence-electron chi connectivity index (χ3n) is 5.53. The quantitative estimate of drug-likeness (QED) is 0.760. The Bertz CT molecular complexity index is 788. The molecule has 27 heavy (non-hydrogen) atoms. The third kappa shape index (κ3) is 4.61. The minimum absolute atomic E-state index is 0.0344. The molecule has 2 aromatic heterocycles. The molecule has 0 N–H and O–H groups in total. The Labute approximate surface area is 159 Å². The van der Waals surface area contributed by atoms with Crippen molar-refractivity contribution in [3.63, 3.8) is 0 Å². The number of hydrogen-bond acceptors (Lipinski definition) is 6. The highest BCUT2D eigenvalue weighted by molar-refractivity contribution is 5.56. The lowest BCUT2D eigenvalue weighted by atomic mass is 10.2. The first-order valence-corrected chi connectivity index (χ1v) is 9.82. The van der Waals surface area contributed by atoms with Gasteiger partial charge >= 0.3 is 0 Å². The Hall–Kier alpha value is -2.09. The average Bonchev–Trinajstić information content (AvgIpc) is 3.16. The van der Waals surface area contributed by atoms with Crippen molar-refractivity contribution >= 4 is 0 Å². The fourth-order valence-electron chi connectivity index (χ4n) is 3.95. The molecule has 2 aliphatic heterocycles. The van der Waals surface area contributed by atoms with Crippen LogP contribution in [0.15, 0.2) is 41.5 Å². The molecule has 1 unspecified atom stereocenters. The maximum Gasteiger partial charge on any atom is 0.266 e. The first-order valence-electron chi connectivity index (χ1n) is 9.82. The predicted octanol–water partition coefficient (Wildman–Crippen LogP) is 1.10. The summed E-state index contributed by atoms with van der Waals surface area (Å²) in [6.45, 7) is 7.59. The topological polar surface area (TPSA) is 63.5 Å². The third-order valence-corrected chi connectivity index (χ3v) is 5.53. The number of pyridine rings is 1. The van der Waals surface area contributed by atoms with Crippen molar-refractivity contribution in [2.45, 2.75) is 25.4 Å². The van der Waals surface area contributed by atoms with Gasteiger partial charge in [-0.05, 0) is 37.6 Å². The Morgan fingerprint density at radius 1 is 1.04 bits per heavy atom. The van der Waals surface area contributed by atoms with Gasteiger partial charge in [-0.3, -0.25) is 19.6 Å². The Kier molecular flexibility index (Phi) is 5.91. The number of likely N-dealkylation sites (tertiary alicyclic amines) is 1. The molecule has 144 valence electrons. The standard InChI is InChI=1S/C20H27N5O2/c26-20-4-3-19(17-5-7-21-8-6-17)22-25(20)16-18-2-1-9-24(18)11-10-23-12-14-27-15-13-23/h3-8,18H,1-2,9-16H2. The van der Waals surface area contributed by atoms with E-state index in [2.05, 4.69) is 19.9 Å². The van der Waals surface area contributed by atoms with Gasteiger partial charge in [0.05, 0.1) is 25.5 Å². The maximum atomic E-state index is 12.3. The van der Waals surface area contributed by atoms with Crippen molar-refractivity contribution in [3.8, 4) is 11.3 Å².